The van der Waals surface area contributed by atoms with Crippen LogP contribution in [0.1, 0.15) is 197 Å². The molecular formula is C94H91Cl3N18O9S2. The number of amides is 1. The Morgan fingerprint density at radius 1 is 0.603 bits per heavy atom. The van der Waals surface area contributed by atoms with Gasteiger partial charge in [0.05, 0.1) is 95.6 Å². The van der Waals surface area contributed by atoms with E-state index in [2.05, 4.69) is 83.7 Å². The van der Waals surface area contributed by atoms with Crippen LogP contribution in [0.2, 0.25) is 15.1 Å². The van der Waals surface area contributed by atoms with E-state index in [0.717, 1.165) is 146 Å². The van der Waals surface area contributed by atoms with Gasteiger partial charge in [-0.15, -0.1) is 53.3 Å². The van der Waals surface area contributed by atoms with Crippen LogP contribution in [0.5, 0.6) is 17.2 Å². The number of hydrogen-bond acceptors (Lipinski definition) is 23. The Morgan fingerprint density at radius 3 is 1.65 bits per heavy atom. The fraction of sp³-hybridized carbons (Fsp3) is 0.277. The number of phenolic OH excluding ortho intramolecular Hbond substituents is 1. The van der Waals surface area contributed by atoms with Crippen molar-refractivity contribution in [3.05, 3.63) is 290 Å². The molecular weight excluding hydrogens is 1700 g/mol. The highest BCUT2D eigenvalue weighted by molar-refractivity contribution is 7.15. The first-order chi connectivity index (χ1) is 60.4. The van der Waals surface area contributed by atoms with Gasteiger partial charge in [0.25, 0.3) is 0 Å². The van der Waals surface area contributed by atoms with E-state index in [9.17, 15) is 24.3 Å². The molecule has 6 aromatic carbocycles. The number of hydrogen-bond donors (Lipinski definition) is 3. The summed E-state index contributed by atoms with van der Waals surface area (Å²) >= 11 is 21.7. The van der Waals surface area contributed by atoms with Gasteiger partial charge in [-0.2, -0.15) is 0 Å². The van der Waals surface area contributed by atoms with Crippen molar-refractivity contribution in [2.45, 2.75) is 159 Å². The molecule has 0 spiro atoms. The monoisotopic (exact) mass is 1780 g/mol. The number of H-pyrrole nitrogens is 1. The van der Waals surface area contributed by atoms with Gasteiger partial charge in [0.15, 0.2) is 17.5 Å². The van der Waals surface area contributed by atoms with Crippen molar-refractivity contribution >= 4 is 120 Å². The number of aryl methyl sites for hydroxylation is 7. The molecule has 3 aliphatic rings. The molecule has 12 heterocycles. The quantitative estimate of drug-likeness (QED) is 0.0563. The number of carbonyl (C=O) groups is 3. The topological polar surface area (TPSA) is 330 Å². The number of esters is 1. The number of aromatic hydroxyl groups is 1. The van der Waals surface area contributed by atoms with Gasteiger partial charge >= 0.3 is 11.7 Å². The van der Waals surface area contributed by atoms with Crippen LogP contribution < -0.4 is 20.5 Å². The number of benzene rings is 6. The molecule has 0 aliphatic carbocycles. The van der Waals surface area contributed by atoms with E-state index in [1.54, 1.807) is 66.0 Å². The SMILES string of the molecule is CCCC(=O)C[C@@H]1N=C(c2ccc(Cl)cc2)c2cc(OC)ccc2-n2c(C)nnc21.COc1cc2c(cc1-c1c(C)noc1C)ncc1[nH]c(=O)n([C@H](C)c3ccccn3)c12.Cc1sc2c(c1C)C(c1ccc(Cl)cc1)=N[C@@H](CC(=O)Nc1ccc(O)cc1)c1nnc(C)n1-2.Cc1sc2c(c1C)C(c1ccc(Cl)cc1)=N[C@@H](CC(=O)OC(C)(C)C)c1nnc(C)n1-2. The van der Waals surface area contributed by atoms with Gasteiger partial charge < -0.3 is 34.1 Å². The number of Topliss-reactive ketones (excluding diaryl/α,β-unsaturated/α-hetero) is 1. The normalized spacial score (nSPS) is 14.5. The number of imidazole rings is 1. The Kier molecular flexibility index (Phi) is 25.6. The van der Waals surface area contributed by atoms with Gasteiger partial charge in [0, 0.05) is 93.9 Å². The lowest BCUT2D eigenvalue weighted by atomic mass is 9.99. The molecule has 0 bridgehead atoms. The van der Waals surface area contributed by atoms with Crippen LogP contribution in [0.3, 0.4) is 0 Å². The van der Waals surface area contributed by atoms with Crippen molar-refractivity contribution in [2.75, 3.05) is 19.5 Å². The van der Waals surface area contributed by atoms with Crippen LogP contribution in [0, 0.1) is 62.3 Å². The molecule has 32 heteroatoms. The molecule has 0 fully saturated rings. The van der Waals surface area contributed by atoms with Gasteiger partial charge in [-0.3, -0.25) is 57.6 Å². The van der Waals surface area contributed by atoms with Crippen LogP contribution in [-0.4, -0.2) is 129 Å². The predicted molar refractivity (Wildman–Crippen MR) is 493 cm³/mol. The van der Waals surface area contributed by atoms with Crippen LogP contribution in [-0.2, 0) is 19.1 Å². The smallest absolute Gasteiger partial charge is 0.327 e. The molecule has 9 aromatic heterocycles. The molecule has 0 saturated heterocycles. The first-order valence-corrected chi connectivity index (χ1v) is 43.6. The average Bonchev–Trinajstić information content (AvgIpc) is 1.57. The third-order valence-electron chi connectivity index (χ3n) is 21.9. The molecule has 27 nitrogen and oxygen atoms in total. The van der Waals surface area contributed by atoms with E-state index in [1.165, 1.54) is 21.9 Å². The number of anilines is 1. The Bertz CT molecular complexity index is 6810. The Morgan fingerprint density at radius 2 is 1.13 bits per heavy atom. The molecule has 3 aliphatic heterocycles. The van der Waals surface area contributed by atoms with Gasteiger partial charge in [-0.1, -0.05) is 89.3 Å². The molecule has 0 saturated carbocycles. The Balaban J connectivity index is 0.000000130. The van der Waals surface area contributed by atoms with Crippen molar-refractivity contribution in [3.8, 4) is 44.1 Å². The predicted octanol–water partition coefficient (Wildman–Crippen LogP) is 20.1. The maximum absolute atomic E-state index is 13.0. The molecule has 3 N–H and O–H groups in total. The number of nitrogens with zero attached hydrogens (tertiary/aromatic N) is 16. The van der Waals surface area contributed by atoms with Crippen molar-refractivity contribution in [1.29, 1.82) is 0 Å². The minimum Gasteiger partial charge on any atom is -0.508 e. The number of methoxy groups -OCH3 is 2. The highest BCUT2D eigenvalue weighted by Crippen LogP contribution is 2.45. The number of pyridine rings is 2. The first kappa shape index (κ1) is 88.0. The van der Waals surface area contributed by atoms with Crippen molar-refractivity contribution < 1.29 is 38.2 Å². The summed E-state index contributed by atoms with van der Waals surface area (Å²) < 4.78 is 29.9. The number of ketones is 1. The number of phenols is 1. The third-order valence-corrected chi connectivity index (χ3v) is 25.0. The molecule has 126 heavy (non-hydrogen) atoms. The number of halogens is 3. The summed E-state index contributed by atoms with van der Waals surface area (Å²) in [5.41, 5.74) is 16.6. The Labute approximate surface area is 749 Å². The molecule has 0 radical (unpaired) electrons. The zero-order valence-corrected chi connectivity index (χ0v) is 76.1. The molecule has 644 valence electrons. The van der Waals surface area contributed by atoms with Crippen LogP contribution >= 0.6 is 57.5 Å². The standard InChI is InChI=1S/C25H22ClN5O2S.C23H25ClN4O2S.C23H23ClN4O2.C23H21N5O3/c1-13-14(2)34-25-22(13)23(16-4-6-17(26)7-5-16)28-20(24-30-29-15(3)31(24)25)12-21(33)27-18-8-10-19(32)11-9-18;1-12-13(2)31-22-19(12)20(15-7-9-16(24)10-8-15)25-17(11-18(29)30-23(4,5)6)21-27-26-14(3)28(21)22;1-4-5-17(29)12-20-23-27-26-14(2)28(23)21-11-10-18(30-3)13-19(21)22(25-20)15-6-8-16(24)9-7-15;1-12-21(14(3)31-27-12)16-9-18-15(10-20(16)30-4)22-19(11-25-18)26-23(29)28(22)13(2)17-7-5-6-8-24-17/h4-11,20,32H,12H2,1-3H3,(H,27,33);7-10,17H,11H2,1-6H3;6-11,13,20H,4-5,12H2,1-3H3;5-11,13H,1-4H3,(H,26,29)/t20-;17-;20-;13-/m0001/s1. The van der Waals surface area contributed by atoms with Crippen LogP contribution in [0.4, 0.5) is 5.69 Å². The second-order valence-corrected chi connectivity index (χ2v) is 35.5. The maximum atomic E-state index is 13.0. The zero-order chi connectivity index (χ0) is 89.4. The summed E-state index contributed by atoms with van der Waals surface area (Å²) in [5.74, 6) is 6.07. The number of ether oxygens (including phenoxy) is 3. The van der Waals surface area contributed by atoms with Gasteiger partial charge in [0.2, 0.25) is 5.91 Å². The Hall–Kier alpha value is -12.9. The number of aromatic amines is 1. The minimum absolute atomic E-state index is 0.0828. The average molecular weight is 1790 g/mol. The summed E-state index contributed by atoms with van der Waals surface area (Å²) in [6.45, 7) is 27.4. The summed E-state index contributed by atoms with van der Waals surface area (Å²) in [5, 5.41) is 47.4. The van der Waals surface area contributed by atoms with Gasteiger partial charge in [0.1, 0.15) is 80.0 Å². The summed E-state index contributed by atoms with van der Waals surface area (Å²) in [4.78, 5) is 80.7. The lowest BCUT2D eigenvalue weighted by Gasteiger charge is -2.21. The fourth-order valence-electron chi connectivity index (χ4n) is 15.7. The molecule has 4 atom stereocenters. The van der Waals surface area contributed by atoms with Crippen molar-refractivity contribution in [2.24, 2.45) is 15.0 Å². The van der Waals surface area contributed by atoms with E-state index < -0.39 is 23.7 Å². The second-order valence-electron chi connectivity index (χ2n) is 31.7. The van der Waals surface area contributed by atoms with Crippen molar-refractivity contribution in [1.82, 2.24) is 69.0 Å². The van der Waals surface area contributed by atoms with E-state index in [1.807, 2.05) is 204 Å². The number of nitrogens with one attached hydrogen (secondary N) is 2. The number of carbonyl (C=O) groups excluding carboxylic acids is 3. The van der Waals surface area contributed by atoms with Gasteiger partial charge in [-0.25, -0.2) is 4.79 Å². The number of thiophene rings is 2. The molecule has 18 rings (SSSR count). The summed E-state index contributed by atoms with van der Waals surface area (Å²) in [6, 6.07) is 42.8. The second kappa shape index (κ2) is 36.7. The summed E-state index contributed by atoms with van der Waals surface area (Å²) in [6.07, 6.45) is 5.20. The number of rotatable bonds is 17. The maximum Gasteiger partial charge on any atom is 0.327 e. The fourth-order valence-corrected chi connectivity index (χ4v) is 18.5. The lowest BCUT2D eigenvalue weighted by molar-refractivity contribution is -0.155. The highest BCUT2D eigenvalue weighted by Gasteiger charge is 2.37. The van der Waals surface area contributed by atoms with Gasteiger partial charge in [-0.05, 0) is 211 Å². The van der Waals surface area contributed by atoms with Crippen molar-refractivity contribution in [3.63, 3.8) is 0 Å². The lowest BCUT2D eigenvalue weighted by Crippen LogP contribution is -2.25. The van der Waals surface area contributed by atoms with E-state index in [4.69, 9.17) is 68.5 Å². The largest absolute Gasteiger partial charge is 0.508 e. The number of fused-ring (bicyclic) bond motifs is 12. The van der Waals surface area contributed by atoms with Crippen LogP contribution in [0.15, 0.2) is 182 Å². The molecule has 1 amide bonds. The van der Waals surface area contributed by atoms with Crippen LogP contribution in [0.25, 0.3) is 48.8 Å². The highest BCUT2D eigenvalue weighted by atomic mass is 35.5. The molecule has 15 aromatic rings. The third kappa shape index (κ3) is 18.0. The number of aliphatic imine (C=N–C) groups is 3. The number of aromatic nitrogens is 14. The first-order valence-electron chi connectivity index (χ1n) is 40.8. The summed E-state index contributed by atoms with van der Waals surface area (Å²) in [7, 11) is 3.26. The minimum atomic E-state index is -0.569. The van der Waals surface area contributed by atoms with E-state index in [0.29, 0.717) is 61.7 Å². The van der Waals surface area contributed by atoms with E-state index in [-0.39, 0.29) is 54.4 Å². The van der Waals surface area contributed by atoms with E-state index >= 15 is 0 Å². The zero-order valence-electron chi connectivity index (χ0n) is 72.2. The molecule has 0 unspecified atom stereocenters.